The predicted octanol–water partition coefficient (Wildman–Crippen LogP) is 3.98. The molecule has 2 heteroatoms. The van der Waals surface area contributed by atoms with Crippen LogP contribution in [-0.2, 0) is 0 Å². The molecule has 0 heterocycles. The first-order valence-electron chi connectivity index (χ1n) is 5.39. The standard InChI is InChI=1S/C15H12FN/c1-10-6-7-12(11(2)8-10)13-4-3-5-15(16)14(13)9-17/h3-8H,1-2H3. The van der Waals surface area contributed by atoms with Crippen LogP contribution in [0, 0.1) is 31.0 Å². The quantitative estimate of drug-likeness (QED) is 0.720. The summed E-state index contributed by atoms with van der Waals surface area (Å²) in [4.78, 5) is 0. The zero-order valence-corrected chi connectivity index (χ0v) is 9.79. The minimum absolute atomic E-state index is 0.111. The van der Waals surface area contributed by atoms with Gasteiger partial charge in [-0.15, -0.1) is 0 Å². The summed E-state index contributed by atoms with van der Waals surface area (Å²) in [5.41, 5.74) is 3.88. The number of halogens is 1. The second kappa shape index (κ2) is 4.39. The fourth-order valence-electron chi connectivity index (χ4n) is 1.98. The van der Waals surface area contributed by atoms with Crippen LogP contribution < -0.4 is 0 Å². The zero-order valence-electron chi connectivity index (χ0n) is 9.79. The summed E-state index contributed by atoms with van der Waals surface area (Å²) in [5.74, 6) is -0.468. The Morgan fingerprint density at radius 1 is 1.06 bits per heavy atom. The van der Waals surface area contributed by atoms with Crippen molar-refractivity contribution in [2.75, 3.05) is 0 Å². The molecule has 0 spiro atoms. The molecule has 0 bridgehead atoms. The molecule has 0 atom stereocenters. The van der Waals surface area contributed by atoms with Crippen molar-refractivity contribution in [2.45, 2.75) is 13.8 Å². The second-order valence-electron chi connectivity index (χ2n) is 4.09. The highest BCUT2D eigenvalue weighted by Gasteiger charge is 2.11. The van der Waals surface area contributed by atoms with Gasteiger partial charge in [-0.2, -0.15) is 5.26 Å². The monoisotopic (exact) mass is 225 g/mol. The number of nitriles is 1. The molecule has 84 valence electrons. The van der Waals surface area contributed by atoms with Crippen LogP contribution in [0.3, 0.4) is 0 Å². The lowest BCUT2D eigenvalue weighted by Gasteiger charge is -2.09. The number of nitrogens with zero attached hydrogens (tertiary/aromatic N) is 1. The van der Waals surface area contributed by atoms with Crippen LogP contribution in [0.15, 0.2) is 36.4 Å². The highest BCUT2D eigenvalue weighted by atomic mass is 19.1. The van der Waals surface area contributed by atoms with Crippen LogP contribution in [0.1, 0.15) is 16.7 Å². The van der Waals surface area contributed by atoms with Crippen molar-refractivity contribution in [2.24, 2.45) is 0 Å². The van der Waals surface area contributed by atoms with E-state index in [-0.39, 0.29) is 5.56 Å². The number of hydrogen-bond donors (Lipinski definition) is 0. The van der Waals surface area contributed by atoms with Crippen LogP contribution in [-0.4, -0.2) is 0 Å². The van der Waals surface area contributed by atoms with Crippen molar-refractivity contribution in [1.29, 1.82) is 5.26 Å². The largest absolute Gasteiger partial charge is 0.206 e. The van der Waals surface area contributed by atoms with Gasteiger partial charge in [0.25, 0.3) is 0 Å². The van der Waals surface area contributed by atoms with Gasteiger partial charge in [-0.3, -0.25) is 0 Å². The van der Waals surface area contributed by atoms with Crippen LogP contribution >= 0.6 is 0 Å². The minimum Gasteiger partial charge on any atom is -0.206 e. The molecule has 1 nitrogen and oxygen atoms in total. The highest BCUT2D eigenvalue weighted by Crippen LogP contribution is 2.28. The van der Waals surface area contributed by atoms with Gasteiger partial charge in [-0.05, 0) is 31.0 Å². The third kappa shape index (κ3) is 2.05. The molecule has 0 aliphatic rings. The number of rotatable bonds is 1. The average Bonchev–Trinajstić information content (AvgIpc) is 2.29. The van der Waals surface area contributed by atoms with Gasteiger partial charge in [0, 0.05) is 5.56 Å². The van der Waals surface area contributed by atoms with E-state index in [1.54, 1.807) is 12.1 Å². The first kappa shape index (κ1) is 11.3. The van der Waals surface area contributed by atoms with E-state index >= 15 is 0 Å². The minimum atomic E-state index is -0.468. The van der Waals surface area contributed by atoms with Gasteiger partial charge in [-0.25, -0.2) is 4.39 Å². The van der Waals surface area contributed by atoms with Crippen molar-refractivity contribution in [1.82, 2.24) is 0 Å². The summed E-state index contributed by atoms with van der Waals surface area (Å²) in [6.07, 6.45) is 0. The van der Waals surface area contributed by atoms with Crippen molar-refractivity contribution in [3.63, 3.8) is 0 Å². The number of benzene rings is 2. The topological polar surface area (TPSA) is 23.8 Å². The van der Waals surface area contributed by atoms with Crippen LogP contribution in [0.2, 0.25) is 0 Å². The lowest BCUT2D eigenvalue weighted by molar-refractivity contribution is 0.624. The molecule has 0 amide bonds. The van der Waals surface area contributed by atoms with Gasteiger partial charge in [0.1, 0.15) is 11.9 Å². The SMILES string of the molecule is Cc1ccc(-c2cccc(F)c2C#N)c(C)c1. The van der Waals surface area contributed by atoms with Crippen LogP contribution in [0.4, 0.5) is 4.39 Å². The summed E-state index contributed by atoms with van der Waals surface area (Å²) >= 11 is 0. The van der Waals surface area contributed by atoms with Crippen molar-refractivity contribution >= 4 is 0 Å². The normalized spacial score (nSPS) is 10.0. The molecule has 2 aromatic carbocycles. The molecule has 0 aliphatic carbocycles. The van der Waals surface area contributed by atoms with Crippen molar-refractivity contribution < 1.29 is 4.39 Å². The van der Waals surface area contributed by atoms with E-state index in [2.05, 4.69) is 0 Å². The molecule has 17 heavy (non-hydrogen) atoms. The Labute approximate surface area is 100 Å². The molecular formula is C15H12FN. The molecule has 0 radical (unpaired) electrons. The van der Waals surface area contributed by atoms with Crippen molar-refractivity contribution in [3.8, 4) is 17.2 Å². The maximum absolute atomic E-state index is 13.5. The molecule has 0 saturated carbocycles. The third-order valence-corrected chi connectivity index (χ3v) is 2.80. The highest BCUT2D eigenvalue weighted by molar-refractivity contribution is 5.73. The van der Waals surface area contributed by atoms with Gasteiger partial charge in [-0.1, -0.05) is 35.9 Å². The molecule has 0 aliphatic heterocycles. The smallest absolute Gasteiger partial charge is 0.141 e. The molecule has 2 rings (SSSR count). The molecule has 0 unspecified atom stereocenters. The fourth-order valence-corrected chi connectivity index (χ4v) is 1.98. The summed E-state index contributed by atoms with van der Waals surface area (Å²) in [5, 5.41) is 9.02. The Balaban J connectivity index is 2.69. The summed E-state index contributed by atoms with van der Waals surface area (Å²) in [6.45, 7) is 3.97. The van der Waals surface area contributed by atoms with E-state index in [1.165, 1.54) is 6.07 Å². The van der Waals surface area contributed by atoms with E-state index in [0.29, 0.717) is 5.56 Å². The zero-order chi connectivity index (χ0) is 12.4. The van der Waals surface area contributed by atoms with E-state index in [4.69, 9.17) is 5.26 Å². The van der Waals surface area contributed by atoms with Gasteiger partial charge >= 0.3 is 0 Å². The van der Waals surface area contributed by atoms with Gasteiger partial charge in [0.05, 0.1) is 5.56 Å². The van der Waals surface area contributed by atoms with Gasteiger partial charge in [0.2, 0.25) is 0 Å². The third-order valence-electron chi connectivity index (χ3n) is 2.80. The number of aryl methyl sites for hydroxylation is 2. The lowest BCUT2D eigenvalue weighted by Crippen LogP contribution is -1.91. The molecule has 0 N–H and O–H groups in total. The maximum atomic E-state index is 13.5. The van der Waals surface area contributed by atoms with Gasteiger partial charge < -0.3 is 0 Å². The van der Waals surface area contributed by atoms with E-state index < -0.39 is 5.82 Å². The Bertz CT molecular complexity index is 609. The van der Waals surface area contributed by atoms with Crippen LogP contribution in [0.25, 0.3) is 11.1 Å². The summed E-state index contributed by atoms with van der Waals surface area (Å²) < 4.78 is 13.5. The Morgan fingerprint density at radius 2 is 1.82 bits per heavy atom. The van der Waals surface area contributed by atoms with E-state index in [1.807, 2.05) is 38.1 Å². The molecular weight excluding hydrogens is 213 g/mol. The molecule has 2 aromatic rings. The first-order chi connectivity index (χ1) is 8.13. The maximum Gasteiger partial charge on any atom is 0.141 e. The lowest BCUT2D eigenvalue weighted by atomic mass is 9.95. The molecule has 0 saturated heterocycles. The average molecular weight is 225 g/mol. The summed E-state index contributed by atoms with van der Waals surface area (Å²) in [6, 6.07) is 12.6. The van der Waals surface area contributed by atoms with E-state index in [0.717, 1.165) is 16.7 Å². The number of hydrogen-bond acceptors (Lipinski definition) is 1. The summed E-state index contributed by atoms with van der Waals surface area (Å²) in [7, 11) is 0. The van der Waals surface area contributed by atoms with E-state index in [9.17, 15) is 4.39 Å². The molecule has 0 fully saturated rings. The predicted molar refractivity (Wildman–Crippen MR) is 66.0 cm³/mol. The Kier molecular flexibility index (Phi) is 2.93. The Morgan fingerprint density at radius 3 is 2.47 bits per heavy atom. The first-order valence-corrected chi connectivity index (χ1v) is 5.39. The van der Waals surface area contributed by atoms with Crippen LogP contribution in [0.5, 0.6) is 0 Å². The Hall–Kier alpha value is -2.14. The fraction of sp³-hybridized carbons (Fsp3) is 0.133. The molecule has 0 aromatic heterocycles. The van der Waals surface area contributed by atoms with Gasteiger partial charge in [0.15, 0.2) is 0 Å². The second-order valence-corrected chi connectivity index (χ2v) is 4.09. The van der Waals surface area contributed by atoms with Crippen molar-refractivity contribution in [3.05, 3.63) is 58.9 Å².